The topological polar surface area (TPSA) is 9.23 Å². The Balaban J connectivity index is 2.89. The van der Waals surface area contributed by atoms with Crippen LogP contribution in [0.4, 0.5) is 0 Å². The molecule has 0 amide bonds. The van der Waals surface area contributed by atoms with Crippen molar-refractivity contribution in [2.45, 2.75) is 110 Å². The van der Waals surface area contributed by atoms with E-state index in [0.29, 0.717) is 0 Å². The second-order valence-electron chi connectivity index (χ2n) is 6.07. The smallest absolute Gasteiger partial charge is 0.0836 e. The van der Waals surface area contributed by atoms with Crippen LogP contribution in [0.15, 0.2) is 0 Å². The van der Waals surface area contributed by atoms with E-state index < -0.39 is 0 Å². The Morgan fingerprint density at radius 2 is 1.00 bits per heavy atom. The quantitative estimate of drug-likeness (QED) is 0.260. The number of hydrogen-bond donors (Lipinski definition) is 0. The molecule has 0 aliphatic heterocycles. The molecule has 0 aliphatic carbocycles. The zero-order valence-corrected chi connectivity index (χ0v) is 14.3. The minimum Gasteiger partial charge on any atom is -0.376 e. The van der Waals surface area contributed by atoms with Gasteiger partial charge < -0.3 is 4.74 Å². The molecule has 0 aliphatic rings. The zero-order valence-electron chi connectivity index (χ0n) is 14.3. The van der Waals surface area contributed by atoms with Crippen LogP contribution in [0.3, 0.4) is 0 Å². The molecular formula is C19H39O. The summed E-state index contributed by atoms with van der Waals surface area (Å²) < 4.78 is 5.58. The molecule has 0 aromatic heterocycles. The van der Waals surface area contributed by atoms with Gasteiger partial charge in [0.25, 0.3) is 0 Å². The van der Waals surface area contributed by atoms with Crippen molar-refractivity contribution in [2.75, 3.05) is 6.61 Å². The Hall–Kier alpha value is -0.0400. The van der Waals surface area contributed by atoms with Gasteiger partial charge in [-0.3, -0.25) is 0 Å². The van der Waals surface area contributed by atoms with E-state index in [9.17, 15) is 0 Å². The summed E-state index contributed by atoms with van der Waals surface area (Å²) in [6.45, 7) is 7.53. The van der Waals surface area contributed by atoms with Gasteiger partial charge in [-0.25, -0.2) is 0 Å². The molecule has 0 bridgehead atoms. The standard InChI is InChI=1S/C19H39O/c1-3-5-7-9-11-13-15-17-19-20-18-16-14-12-10-8-6-4-2/h19H,3-18H2,1-2H3. The highest BCUT2D eigenvalue weighted by atomic mass is 16.5. The molecule has 0 N–H and O–H groups in total. The van der Waals surface area contributed by atoms with Crippen LogP contribution in [0.1, 0.15) is 110 Å². The van der Waals surface area contributed by atoms with Crippen LogP contribution >= 0.6 is 0 Å². The number of rotatable bonds is 17. The Morgan fingerprint density at radius 3 is 1.55 bits per heavy atom. The van der Waals surface area contributed by atoms with E-state index in [2.05, 4.69) is 13.8 Å². The third-order valence-electron chi connectivity index (χ3n) is 3.91. The van der Waals surface area contributed by atoms with Gasteiger partial charge in [-0.05, 0) is 12.8 Å². The normalized spacial score (nSPS) is 11.1. The first-order valence-electron chi connectivity index (χ1n) is 9.35. The molecule has 1 radical (unpaired) electrons. The maximum Gasteiger partial charge on any atom is 0.0836 e. The van der Waals surface area contributed by atoms with Gasteiger partial charge in [0.1, 0.15) is 0 Å². The van der Waals surface area contributed by atoms with E-state index in [1.807, 2.05) is 6.61 Å². The minimum atomic E-state index is 0.935. The summed E-state index contributed by atoms with van der Waals surface area (Å²) in [5.74, 6) is 0. The summed E-state index contributed by atoms with van der Waals surface area (Å²) in [5.41, 5.74) is 0. The molecule has 1 heteroatoms. The van der Waals surface area contributed by atoms with Crippen molar-refractivity contribution >= 4 is 0 Å². The van der Waals surface area contributed by atoms with Crippen LogP contribution in [-0.4, -0.2) is 6.61 Å². The maximum absolute atomic E-state index is 5.58. The molecule has 121 valence electrons. The maximum atomic E-state index is 5.58. The van der Waals surface area contributed by atoms with Gasteiger partial charge in [-0.1, -0.05) is 97.3 Å². The average molecular weight is 284 g/mol. The lowest BCUT2D eigenvalue weighted by atomic mass is 10.1. The average Bonchev–Trinajstić information content (AvgIpc) is 2.47. The van der Waals surface area contributed by atoms with Gasteiger partial charge in [0.05, 0.1) is 6.61 Å². The van der Waals surface area contributed by atoms with Crippen LogP contribution in [-0.2, 0) is 4.74 Å². The molecule has 0 saturated carbocycles. The molecule has 0 unspecified atom stereocenters. The highest BCUT2D eigenvalue weighted by Crippen LogP contribution is 2.10. The van der Waals surface area contributed by atoms with Crippen molar-refractivity contribution in [3.63, 3.8) is 0 Å². The number of hydrogen-bond acceptors (Lipinski definition) is 1. The molecular weight excluding hydrogens is 244 g/mol. The van der Waals surface area contributed by atoms with Gasteiger partial charge in [-0.2, -0.15) is 0 Å². The van der Waals surface area contributed by atoms with E-state index in [-0.39, 0.29) is 0 Å². The van der Waals surface area contributed by atoms with Crippen molar-refractivity contribution in [3.05, 3.63) is 6.61 Å². The second kappa shape index (κ2) is 19.0. The van der Waals surface area contributed by atoms with Gasteiger partial charge in [0, 0.05) is 6.61 Å². The third-order valence-corrected chi connectivity index (χ3v) is 3.91. The van der Waals surface area contributed by atoms with Gasteiger partial charge in [0.15, 0.2) is 0 Å². The van der Waals surface area contributed by atoms with E-state index in [1.54, 1.807) is 0 Å². The summed E-state index contributed by atoms with van der Waals surface area (Å²) >= 11 is 0. The molecule has 0 aromatic carbocycles. The highest BCUT2D eigenvalue weighted by molar-refractivity contribution is 4.53. The zero-order chi connectivity index (χ0) is 14.7. The Bertz CT molecular complexity index is 138. The van der Waals surface area contributed by atoms with Crippen LogP contribution in [0.5, 0.6) is 0 Å². The molecule has 20 heavy (non-hydrogen) atoms. The van der Waals surface area contributed by atoms with E-state index in [0.717, 1.165) is 13.0 Å². The van der Waals surface area contributed by atoms with Crippen molar-refractivity contribution in [2.24, 2.45) is 0 Å². The van der Waals surface area contributed by atoms with Crippen LogP contribution in [0.2, 0.25) is 0 Å². The molecule has 0 spiro atoms. The first-order chi connectivity index (χ1) is 9.91. The van der Waals surface area contributed by atoms with E-state index in [4.69, 9.17) is 4.74 Å². The monoisotopic (exact) mass is 283 g/mol. The van der Waals surface area contributed by atoms with E-state index in [1.165, 1.54) is 89.9 Å². The van der Waals surface area contributed by atoms with Crippen molar-refractivity contribution in [1.29, 1.82) is 0 Å². The van der Waals surface area contributed by atoms with Crippen LogP contribution in [0, 0.1) is 6.61 Å². The third kappa shape index (κ3) is 18.0. The first-order valence-corrected chi connectivity index (χ1v) is 9.35. The summed E-state index contributed by atoms with van der Waals surface area (Å²) in [5, 5.41) is 0. The van der Waals surface area contributed by atoms with Crippen molar-refractivity contribution < 1.29 is 4.74 Å². The molecule has 0 rings (SSSR count). The van der Waals surface area contributed by atoms with Crippen molar-refractivity contribution in [3.8, 4) is 0 Å². The molecule has 0 aromatic rings. The lowest BCUT2D eigenvalue weighted by Crippen LogP contribution is -1.92. The van der Waals surface area contributed by atoms with Gasteiger partial charge >= 0.3 is 0 Å². The summed E-state index contributed by atoms with van der Waals surface area (Å²) in [6.07, 6.45) is 20.4. The van der Waals surface area contributed by atoms with Gasteiger partial charge in [0.2, 0.25) is 0 Å². The van der Waals surface area contributed by atoms with Crippen molar-refractivity contribution in [1.82, 2.24) is 0 Å². The Labute approximate surface area is 128 Å². The summed E-state index contributed by atoms with van der Waals surface area (Å²) in [7, 11) is 0. The largest absolute Gasteiger partial charge is 0.376 e. The molecule has 0 saturated heterocycles. The first kappa shape index (κ1) is 20.0. The predicted octanol–water partition coefficient (Wildman–Crippen LogP) is 7.06. The number of unbranched alkanes of at least 4 members (excludes halogenated alkanes) is 13. The SMILES string of the molecule is CCCCCCCCC[CH]OCCCCCCCCC. The molecule has 0 heterocycles. The predicted molar refractivity (Wildman–Crippen MR) is 90.9 cm³/mol. The van der Waals surface area contributed by atoms with Crippen LogP contribution < -0.4 is 0 Å². The lowest BCUT2D eigenvalue weighted by molar-refractivity contribution is 0.183. The molecule has 0 fully saturated rings. The number of ether oxygens (including phenoxy) is 1. The molecule has 0 atom stereocenters. The second-order valence-corrected chi connectivity index (χ2v) is 6.07. The summed E-state index contributed by atoms with van der Waals surface area (Å²) in [6, 6.07) is 0. The Morgan fingerprint density at radius 1 is 0.550 bits per heavy atom. The minimum absolute atomic E-state index is 0.935. The van der Waals surface area contributed by atoms with Crippen LogP contribution in [0.25, 0.3) is 0 Å². The highest BCUT2D eigenvalue weighted by Gasteiger charge is 1.94. The fourth-order valence-electron chi connectivity index (χ4n) is 2.49. The fourth-order valence-corrected chi connectivity index (χ4v) is 2.49. The fraction of sp³-hybridized carbons (Fsp3) is 0.947. The summed E-state index contributed by atoms with van der Waals surface area (Å²) in [4.78, 5) is 0. The Kier molecular flexibility index (Phi) is 18.9. The lowest BCUT2D eigenvalue weighted by Gasteiger charge is -2.04. The molecule has 1 nitrogen and oxygen atoms in total. The van der Waals surface area contributed by atoms with E-state index >= 15 is 0 Å². The van der Waals surface area contributed by atoms with Gasteiger partial charge in [-0.15, -0.1) is 0 Å².